The van der Waals surface area contributed by atoms with Crippen LogP contribution in [-0.4, -0.2) is 34.9 Å². The number of thiazole rings is 1. The third-order valence-electron chi connectivity index (χ3n) is 3.60. The SMILES string of the molecule is Cc1ncsc1CN1CCC(C(=O)NC(C)C)CC1. The lowest BCUT2D eigenvalue weighted by molar-refractivity contribution is -0.127. The molecule has 1 aromatic rings. The summed E-state index contributed by atoms with van der Waals surface area (Å²) in [6.07, 6.45) is 1.94. The number of aromatic nitrogens is 1. The van der Waals surface area contributed by atoms with Gasteiger partial charge in [0.25, 0.3) is 0 Å². The minimum absolute atomic E-state index is 0.196. The van der Waals surface area contributed by atoms with Crippen LogP contribution in [0.1, 0.15) is 37.3 Å². The molecule has 1 fully saturated rings. The highest BCUT2D eigenvalue weighted by atomic mass is 32.1. The number of nitrogens with one attached hydrogen (secondary N) is 1. The van der Waals surface area contributed by atoms with E-state index in [1.807, 2.05) is 19.4 Å². The maximum absolute atomic E-state index is 11.9. The Bertz CT molecular complexity index is 422. The highest BCUT2D eigenvalue weighted by Gasteiger charge is 2.25. The van der Waals surface area contributed by atoms with E-state index in [0.717, 1.165) is 38.2 Å². The molecule has 2 rings (SSSR count). The van der Waals surface area contributed by atoms with Gasteiger partial charge in [0.1, 0.15) is 0 Å². The fourth-order valence-corrected chi connectivity index (χ4v) is 3.26. The zero-order valence-electron chi connectivity index (χ0n) is 12.0. The summed E-state index contributed by atoms with van der Waals surface area (Å²) in [5.74, 6) is 0.421. The van der Waals surface area contributed by atoms with Gasteiger partial charge in [-0.05, 0) is 46.7 Å². The van der Waals surface area contributed by atoms with Gasteiger partial charge in [0, 0.05) is 23.4 Å². The quantitative estimate of drug-likeness (QED) is 0.920. The fraction of sp³-hybridized carbons (Fsp3) is 0.714. The third-order valence-corrected chi connectivity index (χ3v) is 4.52. The second-order valence-corrected chi connectivity index (χ2v) is 6.51. The molecule has 0 aromatic carbocycles. The van der Waals surface area contributed by atoms with E-state index >= 15 is 0 Å². The summed E-state index contributed by atoms with van der Waals surface area (Å²) in [7, 11) is 0. The summed E-state index contributed by atoms with van der Waals surface area (Å²) in [6.45, 7) is 9.09. The Morgan fingerprint density at radius 1 is 1.53 bits per heavy atom. The Hall–Kier alpha value is -0.940. The van der Waals surface area contributed by atoms with Crippen molar-refractivity contribution in [2.75, 3.05) is 13.1 Å². The number of aryl methyl sites for hydroxylation is 1. The Kier molecular flexibility index (Phi) is 4.93. The first-order chi connectivity index (χ1) is 9.06. The van der Waals surface area contributed by atoms with Crippen LogP contribution < -0.4 is 5.32 Å². The van der Waals surface area contributed by atoms with Gasteiger partial charge in [-0.25, -0.2) is 4.98 Å². The molecule has 0 spiro atoms. The van der Waals surface area contributed by atoms with Gasteiger partial charge in [-0.3, -0.25) is 9.69 Å². The predicted molar refractivity (Wildman–Crippen MR) is 78.1 cm³/mol. The van der Waals surface area contributed by atoms with Crippen LogP contribution in [0.15, 0.2) is 5.51 Å². The van der Waals surface area contributed by atoms with Gasteiger partial charge < -0.3 is 5.32 Å². The van der Waals surface area contributed by atoms with Crippen molar-refractivity contribution in [2.45, 2.75) is 46.2 Å². The zero-order valence-corrected chi connectivity index (χ0v) is 12.8. The molecule has 0 aliphatic carbocycles. The molecule has 0 saturated carbocycles. The maximum atomic E-state index is 11.9. The third kappa shape index (κ3) is 4.01. The first-order valence-corrected chi connectivity index (χ1v) is 7.86. The predicted octanol–water partition coefficient (Wildman–Crippen LogP) is 2.19. The Balaban J connectivity index is 1.79. The molecule has 1 amide bonds. The molecule has 5 heteroatoms. The Morgan fingerprint density at radius 3 is 2.74 bits per heavy atom. The molecule has 0 atom stereocenters. The van der Waals surface area contributed by atoms with Crippen molar-refractivity contribution < 1.29 is 4.79 Å². The summed E-state index contributed by atoms with van der Waals surface area (Å²) in [5.41, 5.74) is 3.05. The van der Waals surface area contributed by atoms with Crippen LogP contribution in [-0.2, 0) is 11.3 Å². The van der Waals surface area contributed by atoms with Gasteiger partial charge >= 0.3 is 0 Å². The summed E-state index contributed by atoms with van der Waals surface area (Å²) < 4.78 is 0. The number of piperidine rings is 1. The second-order valence-electron chi connectivity index (χ2n) is 5.57. The molecule has 0 unspecified atom stereocenters. The molecular weight excluding hydrogens is 258 g/mol. The van der Waals surface area contributed by atoms with Gasteiger partial charge in [-0.1, -0.05) is 0 Å². The van der Waals surface area contributed by atoms with Crippen molar-refractivity contribution in [3.63, 3.8) is 0 Å². The van der Waals surface area contributed by atoms with Crippen molar-refractivity contribution in [3.05, 3.63) is 16.1 Å². The number of amides is 1. The number of hydrogen-bond donors (Lipinski definition) is 1. The van der Waals surface area contributed by atoms with Crippen LogP contribution in [0.3, 0.4) is 0 Å². The highest BCUT2D eigenvalue weighted by molar-refractivity contribution is 7.09. The molecule has 1 N–H and O–H groups in total. The van der Waals surface area contributed by atoms with E-state index in [2.05, 4.69) is 22.1 Å². The summed E-state index contributed by atoms with van der Waals surface area (Å²) in [5, 5.41) is 3.02. The number of likely N-dealkylation sites (tertiary alicyclic amines) is 1. The van der Waals surface area contributed by atoms with Gasteiger partial charge in [0.15, 0.2) is 0 Å². The van der Waals surface area contributed by atoms with Gasteiger partial charge in [0.2, 0.25) is 5.91 Å². The van der Waals surface area contributed by atoms with Gasteiger partial charge in [0.05, 0.1) is 11.2 Å². The van der Waals surface area contributed by atoms with E-state index in [-0.39, 0.29) is 17.9 Å². The normalized spacial score (nSPS) is 17.9. The summed E-state index contributed by atoms with van der Waals surface area (Å²) >= 11 is 1.73. The van der Waals surface area contributed by atoms with E-state index in [0.29, 0.717) is 0 Å². The molecule has 4 nitrogen and oxygen atoms in total. The largest absolute Gasteiger partial charge is 0.354 e. The lowest BCUT2D eigenvalue weighted by Gasteiger charge is -2.31. The average Bonchev–Trinajstić information content (AvgIpc) is 2.75. The number of hydrogen-bond acceptors (Lipinski definition) is 4. The molecule has 19 heavy (non-hydrogen) atoms. The minimum atomic E-state index is 0.196. The molecule has 106 valence electrons. The minimum Gasteiger partial charge on any atom is -0.354 e. The molecule has 1 aliphatic heterocycles. The topological polar surface area (TPSA) is 45.2 Å². The lowest BCUT2D eigenvalue weighted by Crippen LogP contribution is -2.42. The van der Waals surface area contributed by atoms with Crippen molar-refractivity contribution in [1.82, 2.24) is 15.2 Å². The molecule has 1 saturated heterocycles. The fourth-order valence-electron chi connectivity index (χ4n) is 2.44. The van der Waals surface area contributed by atoms with Crippen LogP contribution in [0.4, 0.5) is 0 Å². The number of carbonyl (C=O) groups is 1. The van der Waals surface area contributed by atoms with Crippen LogP contribution in [0.5, 0.6) is 0 Å². The van der Waals surface area contributed by atoms with Crippen molar-refractivity contribution in [2.24, 2.45) is 5.92 Å². The number of rotatable bonds is 4. The van der Waals surface area contributed by atoms with Crippen molar-refractivity contribution in [3.8, 4) is 0 Å². The molecule has 0 radical (unpaired) electrons. The zero-order chi connectivity index (χ0) is 13.8. The molecule has 1 aromatic heterocycles. The van der Waals surface area contributed by atoms with Crippen molar-refractivity contribution in [1.29, 1.82) is 0 Å². The van der Waals surface area contributed by atoms with Gasteiger partial charge in [-0.2, -0.15) is 0 Å². The van der Waals surface area contributed by atoms with Crippen LogP contribution in [0.25, 0.3) is 0 Å². The molecular formula is C14H23N3OS. The molecule has 1 aliphatic rings. The van der Waals surface area contributed by atoms with E-state index in [1.165, 1.54) is 4.88 Å². The van der Waals surface area contributed by atoms with E-state index < -0.39 is 0 Å². The first-order valence-electron chi connectivity index (χ1n) is 6.98. The summed E-state index contributed by atoms with van der Waals surface area (Å²) in [4.78, 5) is 20.0. The van der Waals surface area contributed by atoms with Crippen LogP contribution >= 0.6 is 11.3 Å². The van der Waals surface area contributed by atoms with E-state index in [9.17, 15) is 4.79 Å². The monoisotopic (exact) mass is 281 g/mol. The lowest BCUT2D eigenvalue weighted by atomic mass is 9.95. The molecule has 0 bridgehead atoms. The van der Waals surface area contributed by atoms with Gasteiger partial charge in [-0.15, -0.1) is 11.3 Å². The average molecular weight is 281 g/mol. The standard InChI is InChI=1S/C14H23N3OS/c1-10(2)16-14(18)12-4-6-17(7-5-12)8-13-11(3)15-9-19-13/h9-10,12H,4-8H2,1-3H3,(H,16,18). The Labute approximate surface area is 119 Å². The van der Waals surface area contributed by atoms with Crippen molar-refractivity contribution >= 4 is 17.2 Å². The highest BCUT2D eigenvalue weighted by Crippen LogP contribution is 2.21. The number of nitrogens with zero attached hydrogens (tertiary/aromatic N) is 2. The first kappa shape index (κ1) is 14.5. The second kappa shape index (κ2) is 6.48. The Morgan fingerprint density at radius 2 is 2.21 bits per heavy atom. The molecule has 2 heterocycles. The smallest absolute Gasteiger partial charge is 0.223 e. The van der Waals surface area contributed by atoms with E-state index in [1.54, 1.807) is 11.3 Å². The number of carbonyl (C=O) groups excluding carboxylic acids is 1. The van der Waals surface area contributed by atoms with E-state index in [4.69, 9.17) is 0 Å². The van der Waals surface area contributed by atoms with Crippen LogP contribution in [0, 0.1) is 12.8 Å². The van der Waals surface area contributed by atoms with Crippen LogP contribution in [0.2, 0.25) is 0 Å². The summed E-state index contributed by atoms with van der Waals surface area (Å²) in [6, 6.07) is 0.241. The maximum Gasteiger partial charge on any atom is 0.223 e.